The van der Waals surface area contributed by atoms with E-state index >= 15 is 0 Å². The van der Waals surface area contributed by atoms with Crippen LogP contribution in [0.1, 0.15) is 34.2 Å². The van der Waals surface area contributed by atoms with Gasteiger partial charge in [0.15, 0.2) is 0 Å². The third-order valence-electron chi connectivity index (χ3n) is 11.9. The molecule has 0 unspecified atom stereocenters. The molecule has 8 aromatic carbocycles. The Balaban J connectivity index is 1.23. The zero-order valence-electron chi connectivity index (χ0n) is 32.7. The van der Waals surface area contributed by atoms with Crippen molar-refractivity contribution in [3.8, 4) is 34.6 Å². The van der Waals surface area contributed by atoms with Crippen LogP contribution in [-0.2, 0) is 5.41 Å². The minimum Gasteiger partial charge on any atom is -0.341 e. The van der Waals surface area contributed by atoms with Gasteiger partial charge in [0, 0.05) is 23.6 Å². The average Bonchev–Trinajstić information content (AvgIpc) is 3.31. The van der Waals surface area contributed by atoms with Crippen LogP contribution < -0.4 is 9.80 Å². The van der Waals surface area contributed by atoms with Gasteiger partial charge in [0.2, 0.25) is 0 Å². The summed E-state index contributed by atoms with van der Waals surface area (Å²) in [7, 11) is 0. The standard InChI is InChI=1S/C57H42N2/c1-2-21-42(43-22-7-3-8-23-43)28-19-20-39-58-53-37-35-46(44-24-9-4-10-25-44)40-51(53)57(52-41-47(36-38-54(52)58)45-26-11-5-12-27-45)49-31-15-17-33-55(49)59(48-29-13-6-14-30-48)56-34-18-16-32-50(56)57/h1,3-19,21-38,40-41H,20,39H2/b28-19-,42-21+. The molecular weight excluding hydrogens is 713 g/mol. The van der Waals surface area contributed by atoms with Gasteiger partial charge in [0.25, 0.3) is 0 Å². The molecule has 0 bridgehead atoms. The maximum absolute atomic E-state index is 5.81. The second-order valence-electron chi connectivity index (χ2n) is 15.1. The number of para-hydroxylation sites is 3. The van der Waals surface area contributed by atoms with Crippen LogP contribution >= 0.6 is 0 Å². The molecule has 0 aliphatic carbocycles. The van der Waals surface area contributed by atoms with Crippen molar-refractivity contribution in [3.63, 3.8) is 0 Å². The Labute approximate surface area is 347 Å². The van der Waals surface area contributed by atoms with Crippen molar-refractivity contribution in [1.82, 2.24) is 0 Å². The van der Waals surface area contributed by atoms with E-state index in [1.807, 2.05) is 12.1 Å². The molecule has 2 heterocycles. The molecule has 2 nitrogen and oxygen atoms in total. The molecule has 0 amide bonds. The van der Waals surface area contributed by atoms with Gasteiger partial charge in [0.1, 0.15) is 0 Å². The number of fused-ring (bicyclic) bond motifs is 8. The monoisotopic (exact) mass is 754 g/mol. The van der Waals surface area contributed by atoms with Crippen LogP contribution in [-0.4, -0.2) is 6.54 Å². The Morgan fingerprint density at radius 1 is 0.475 bits per heavy atom. The molecule has 280 valence electrons. The summed E-state index contributed by atoms with van der Waals surface area (Å²) in [6.45, 7) is 0.777. The van der Waals surface area contributed by atoms with E-state index in [0.717, 1.165) is 29.8 Å². The summed E-state index contributed by atoms with van der Waals surface area (Å²) in [4.78, 5) is 4.99. The summed E-state index contributed by atoms with van der Waals surface area (Å²) >= 11 is 0. The van der Waals surface area contributed by atoms with Crippen LogP contribution in [0.2, 0.25) is 0 Å². The van der Waals surface area contributed by atoms with E-state index in [-0.39, 0.29) is 0 Å². The molecule has 2 heteroatoms. The van der Waals surface area contributed by atoms with Crippen LogP contribution in [0.15, 0.2) is 224 Å². The summed E-state index contributed by atoms with van der Waals surface area (Å²) in [5, 5.41) is 0. The molecular formula is C57H42N2. The molecule has 0 atom stereocenters. The molecule has 2 aliphatic heterocycles. The van der Waals surface area contributed by atoms with Crippen molar-refractivity contribution in [2.45, 2.75) is 11.8 Å². The maximum Gasteiger partial charge on any atom is 0.0783 e. The first kappa shape index (κ1) is 35.8. The average molecular weight is 755 g/mol. The zero-order chi connectivity index (χ0) is 39.6. The van der Waals surface area contributed by atoms with E-state index in [0.29, 0.717) is 0 Å². The number of allylic oxidation sites excluding steroid dienone is 3. The van der Waals surface area contributed by atoms with E-state index in [9.17, 15) is 0 Å². The van der Waals surface area contributed by atoms with Gasteiger partial charge in [-0.3, -0.25) is 0 Å². The van der Waals surface area contributed by atoms with Gasteiger partial charge in [-0.05, 0) is 117 Å². The van der Waals surface area contributed by atoms with Crippen molar-refractivity contribution in [1.29, 1.82) is 0 Å². The lowest BCUT2D eigenvalue weighted by atomic mass is 9.59. The number of benzene rings is 8. The predicted molar refractivity (Wildman–Crippen MR) is 248 cm³/mol. The fourth-order valence-electron chi connectivity index (χ4n) is 9.32. The smallest absolute Gasteiger partial charge is 0.0783 e. The fraction of sp³-hybridized carbons (Fsp3) is 0.0526. The van der Waals surface area contributed by atoms with Gasteiger partial charge >= 0.3 is 0 Å². The van der Waals surface area contributed by atoms with Crippen molar-refractivity contribution in [2.24, 2.45) is 0 Å². The minimum atomic E-state index is -0.652. The van der Waals surface area contributed by atoms with E-state index in [1.165, 1.54) is 67.3 Å². The molecule has 2 aliphatic rings. The second-order valence-corrected chi connectivity index (χ2v) is 15.1. The molecule has 8 aromatic rings. The lowest BCUT2D eigenvalue weighted by molar-refractivity contribution is 0.706. The molecule has 59 heavy (non-hydrogen) atoms. The first-order valence-electron chi connectivity index (χ1n) is 20.4. The van der Waals surface area contributed by atoms with E-state index in [2.05, 4.69) is 228 Å². The molecule has 0 fully saturated rings. The van der Waals surface area contributed by atoms with Crippen LogP contribution in [0.25, 0.3) is 27.8 Å². The number of nitrogens with zero attached hydrogens (tertiary/aromatic N) is 2. The van der Waals surface area contributed by atoms with E-state index in [4.69, 9.17) is 6.42 Å². The SMILES string of the molecule is C#C/C=C(\C=C/CCN1c2ccc(-c3ccccc3)cc2C2(c3cc(-c4ccccc4)ccc31)c1ccccc1N(c1ccccc1)c1ccccc12)c1ccccc1. The first-order chi connectivity index (χ1) is 29.3. The summed E-state index contributed by atoms with van der Waals surface area (Å²) < 4.78 is 0. The molecule has 0 saturated heterocycles. The summed E-state index contributed by atoms with van der Waals surface area (Å²) in [6, 6.07) is 75.1. The van der Waals surface area contributed by atoms with E-state index < -0.39 is 5.41 Å². The van der Waals surface area contributed by atoms with Crippen LogP contribution in [0.3, 0.4) is 0 Å². The molecule has 0 radical (unpaired) electrons. The normalized spacial score (nSPS) is 13.6. The quantitative estimate of drug-likeness (QED) is 0.113. The lowest BCUT2D eigenvalue weighted by Crippen LogP contribution is -2.43. The lowest BCUT2D eigenvalue weighted by Gasteiger charge is -2.51. The largest absolute Gasteiger partial charge is 0.341 e. The second kappa shape index (κ2) is 15.4. The van der Waals surface area contributed by atoms with Crippen LogP contribution in [0.4, 0.5) is 28.4 Å². The number of anilines is 5. The van der Waals surface area contributed by atoms with E-state index in [1.54, 1.807) is 0 Å². The molecule has 0 saturated carbocycles. The van der Waals surface area contributed by atoms with Gasteiger partial charge < -0.3 is 9.80 Å². The highest BCUT2D eigenvalue weighted by Gasteiger charge is 2.51. The first-order valence-corrected chi connectivity index (χ1v) is 20.4. The Morgan fingerprint density at radius 2 is 0.949 bits per heavy atom. The topological polar surface area (TPSA) is 6.48 Å². The molecule has 1 spiro atoms. The predicted octanol–water partition coefficient (Wildman–Crippen LogP) is 14.3. The number of hydrogen-bond acceptors (Lipinski definition) is 2. The summed E-state index contributed by atoms with van der Waals surface area (Å²) in [5.41, 5.74) is 17.2. The van der Waals surface area contributed by atoms with Crippen LogP contribution in [0, 0.1) is 12.3 Å². The van der Waals surface area contributed by atoms with Crippen molar-refractivity contribution < 1.29 is 0 Å². The molecule has 0 N–H and O–H groups in total. The van der Waals surface area contributed by atoms with Gasteiger partial charge in [-0.2, -0.15) is 0 Å². The Kier molecular flexibility index (Phi) is 9.33. The maximum atomic E-state index is 5.81. The summed E-state index contributed by atoms with van der Waals surface area (Å²) in [5.74, 6) is 2.76. The fourth-order valence-corrected chi connectivity index (χ4v) is 9.32. The van der Waals surface area contributed by atoms with Gasteiger partial charge in [0.05, 0.1) is 16.8 Å². The minimum absolute atomic E-state index is 0.652. The van der Waals surface area contributed by atoms with Gasteiger partial charge in [-0.25, -0.2) is 0 Å². The Bertz CT molecular complexity index is 2740. The molecule has 0 aromatic heterocycles. The zero-order valence-corrected chi connectivity index (χ0v) is 32.7. The van der Waals surface area contributed by atoms with Crippen molar-refractivity contribution >= 4 is 34.0 Å². The van der Waals surface area contributed by atoms with Gasteiger partial charge in [-0.1, -0.05) is 176 Å². The number of hydrogen-bond donors (Lipinski definition) is 0. The molecule has 10 rings (SSSR count). The van der Waals surface area contributed by atoms with Gasteiger partial charge in [-0.15, -0.1) is 6.42 Å². The third kappa shape index (κ3) is 6.16. The Morgan fingerprint density at radius 3 is 1.47 bits per heavy atom. The third-order valence-corrected chi connectivity index (χ3v) is 11.9. The highest BCUT2D eigenvalue weighted by atomic mass is 15.2. The number of terminal acetylenes is 1. The highest BCUT2D eigenvalue weighted by molar-refractivity contribution is 5.95. The Hall–Kier alpha value is -7.60. The van der Waals surface area contributed by atoms with Crippen LogP contribution in [0.5, 0.6) is 0 Å². The number of rotatable bonds is 8. The highest BCUT2D eigenvalue weighted by Crippen LogP contribution is 2.63. The van der Waals surface area contributed by atoms with Crippen molar-refractivity contribution in [2.75, 3.05) is 16.3 Å². The summed E-state index contributed by atoms with van der Waals surface area (Å²) in [6.07, 6.45) is 12.9. The van der Waals surface area contributed by atoms with Crippen molar-refractivity contribution in [3.05, 3.63) is 252 Å².